The molecule has 0 saturated carbocycles. The summed E-state index contributed by atoms with van der Waals surface area (Å²) < 4.78 is 21.8. The molecule has 0 radical (unpaired) electrons. The second-order valence-electron chi connectivity index (χ2n) is 10.3. The molecular formula is C30H59N2O6P. The second-order valence-corrected chi connectivity index (χ2v) is 11.8. The monoisotopic (exact) mass is 574 g/mol. The third kappa shape index (κ3) is 25.7. The fourth-order valence-electron chi connectivity index (χ4n) is 4.11. The van der Waals surface area contributed by atoms with Crippen molar-refractivity contribution in [2.24, 2.45) is 5.73 Å². The topological polar surface area (TPSA) is 131 Å². The number of carbonyl (C=O) groups excluding carboxylic acids is 1. The highest BCUT2D eigenvalue weighted by molar-refractivity contribution is 7.47. The highest BCUT2D eigenvalue weighted by atomic mass is 31.2. The first-order valence-corrected chi connectivity index (χ1v) is 17.0. The molecule has 0 heterocycles. The number of unbranched alkanes of at least 4 members (excludes halogenated alkanes) is 14. The molecule has 5 N–H and O–H groups in total. The Bertz CT molecular complexity index is 674. The Morgan fingerprint density at radius 1 is 0.821 bits per heavy atom. The van der Waals surface area contributed by atoms with Crippen molar-refractivity contribution in [3.63, 3.8) is 0 Å². The third-order valence-electron chi connectivity index (χ3n) is 6.52. The largest absolute Gasteiger partial charge is 0.472 e. The van der Waals surface area contributed by atoms with E-state index in [0.717, 1.165) is 57.8 Å². The normalized spacial score (nSPS) is 15.1. The van der Waals surface area contributed by atoms with Crippen molar-refractivity contribution in [3.05, 3.63) is 24.3 Å². The first kappa shape index (κ1) is 38.0. The summed E-state index contributed by atoms with van der Waals surface area (Å²) in [5.74, 6) is -0.211. The number of amides is 1. The minimum atomic E-state index is -4.32. The minimum Gasteiger partial charge on any atom is -0.387 e. The molecule has 0 aliphatic rings. The summed E-state index contributed by atoms with van der Waals surface area (Å²) in [6, 6.07) is -0.857. The van der Waals surface area contributed by atoms with Gasteiger partial charge >= 0.3 is 7.82 Å². The van der Waals surface area contributed by atoms with E-state index >= 15 is 0 Å². The zero-order valence-corrected chi connectivity index (χ0v) is 25.8. The SMILES string of the molecule is CCCC/C=C\CCCCCCCC(=O)NC(COP(=O)(O)OCCN)C(O)/C=C/CCCCCCCCC. The summed E-state index contributed by atoms with van der Waals surface area (Å²) in [5, 5.41) is 13.4. The number of phosphoric ester groups is 1. The van der Waals surface area contributed by atoms with Crippen LogP contribution in [-0.2, 0) is 18.4 Å². The van der Waals surface area contributed by atoms with E-state index in [1.54, 1.807) is 6.08 Å². The lowest BCUT2D eigenvalue weighted by Gasteiger charge is -2.23. The lowest BCUT2D eigenvalue weighted by Crippen LogP contribution is -2.45. The quantitative estimate of drug-likeness (QED) is 0.0445. The molecule has 0 rings (SSSR count). The van der Waals surface area contributed by atoms with Crippen LogP contribution in [-0.4, -0.2) is 47.8 Å². The third-order valence-corrected chi connectivity index (χ3v) is 7.51. The van der Waals surface area contributed by atoms with Gasteiger partial charge in [0.1, 0.15) is 0 Å². The van der Waals surface area contributed by atoms with Crippen molar-refractivity contribution in [1.29, 1.82) is 0 Å². The number of nitrogens with one attached hydrogen (secondary N) is 1. The van der Waals surface area contributed by atoms with E-state index in [2.05, 4.69) is 31.3 Å². The molecule has 230 valence electrons. The van der Waals surface area contributed by atoms with E-state index in [9.17, 15) is 19.4 Å². The molecule has 0 fully saturated rings. The van der Waals surface area contributed by atoms with E-state index in [4.69, 9.17) is 14.8 Å². The van der Waals surface area contributed by atoms with Gasteiger partial charge in [-0.3, -0.25) is 13.8 Å². The van der Waals surface area contributed by atoms with Gasteiger partial charge in [-0.25, -0.2) is 4.57 Å². The predicted molar refractivity (Wildman–Crippen MR) is 161 cm³/mol. The number of allylic oxidation sites excluding steroid dienone is 3. The van der Waals surface area contributed by atoms with Crippen LogP contribution in [0.2, 0.25) is 0 Å². The summed E-state index contributed by atoms with van der Waals surface area (Å²) in [6.07, 6.45) is 26.5. The minimum absolute atomic E-state index is 0.0771. The van der Waals surface area contributed by atoms with Crippen molar-refractivity contribution in [2.75, 3.05) is 19.8 Å². The number of hydrogen-bond donors (Lipinski definition) is 4. The van der Waals surface area contributed by atoms with Gasteiger partial charge in [0.25, 0.3) is 0 Å². The first-order valence-electron chi connectivity index (χ1n) is 15.5. The number of rotatable bonds is 28. The molecule has 0 saturated heterocycles. The van der Waals surface area contributed by atoms with Crippen molar-refractivity contribution >= 4 is 13.7 Å². The standard InChI is InChI=1S/C30H59N2O6P/c1-3-5-7-9-11-13-14-16-18-20-22-24-30(34)32-28(27-38-39(35,36)37-26-25-31)29(33)23-21-19-17-15-12-10-8-6-4-2/h9,11,21,23,28-29,33H,3-8,10,12-20,22,24-27,31H2,1-2H3,(H,32,34)(H,35,36)/b11-9-,23-21+. The van der Waals surface area contributed by atoms with Crippen LogP contribution in [0.4, 0.5) is 0 Å². The van der Waals surface area contributed by atoms with Gasteiger partial charge in [0.2, 0.25) is 5.91 Å². The van der Waals surface area contributed by atoms with Gasteiger partial charge in [-0.05, 0) is 38.5 Å². The zero-order chi connectivity index (χ0) is 29.0. The Morgan fingerprint density at radius 3 is 1.97 bits per heavy atom. The van der Waals surface area contributed by atoms with Crippen molar-refractivity contribution in [1.82, 2.24) is 5.32 Å². The van der Waals surface area contributed by atoms with Gasteiger partial charge in [0, 0.05) is 13.0 Å². The maximum absolute atomic E-state index is 12.5. The average Bonchev–Trinajstić information content (AvgIpc) is 2.91. The van der Waals surface area contributed by atoms with Crippen LogP contribution in [0.25, 0.3) is 0 Å². The van der Waals surface area contributed by atoms with E-state index < -0.39 is 20.0 Å². The van der Waals surface area contributed by atoms with Gasteiger partial charge < -0.3 is 21.1 Å². The number of hydrogen-bond acceptors (Lipinski definition) is 6. The molecule has 1 amide bonds. The number of nitrogens with two attached hydrogens (primary N) is 1. The molecule has 3 atom stereocenters. The number of phosphoric acid groups is 1. The Balaban J connectivity index is 4.47. The molecule has 39 heavy (non-hydrogen) atoms. The molecule has 0 aromatic carbocycles. The fraction of sp³-hybridized carbons (Fsp3) is 0.833. The van der Waals surface area contributed by atoms with E-state index in [1.165, 1.54) is 51.4 Å². The van der Waals surface area contributed by atoms with Gasteiger partial charge in [0.15, 0.2) is 0 Å². The summed E-state index contributed by atoms with van der Waals surface area (Å²) in [5.41, 5.74) is 5.32. The Hall–Kier alpha value is -1.02. The van der Waals surface area contributed by atoms with Crippen molar-refractivity contribution < 1.29 is 28.4 Å². The highest BCUT2D eigenvalue weighted by Gasteiger charge is 2.26. The number of carbonyl (C=O) groups is 1. The van der Waals surface area contributed by atoms with Crippen LogP contribution in [0, 0.1) is 0 Å². The zero-order valence-electron chi connectivity index (χ0n) is 24.9. The Morgan fingerprint density at radius 2 is 1.36 bits per heavy atom. The van der Waals surface area contributed by atoms with Gasteiger partial charge in [-0.1, -0.05) is 109 Å². The molecule has 9 heteroatoms. The molecule has 0 aromatic rings. The van der Waals surface area contributed by atoms with Crippen LogP contribution in [0.1, 0.15) is 129 Å². The fourth-order valence-corrected chi connectivity index (χ4v) is 4.87. The average molecular weight is 575 g/mol. The smallest absolute Gasteiger partial charge is 0.387 e. The van der Waals surface area contributed by atoms with Gasteiger partial charge in [-0.2, -0.15) is 0 Å². The first-order chi connectivity index (χ1) is 18.9. The van der Waals surface area contributed by atoms with E-state index in [-0.39, 0.29) is 25.7 Å². The molecule has 0 spiro atoms. The maximum Gasteiger partial charge on any atom is 0.472 e. The van der Waals surface area contributed by atoms with E-state index in [1.807, 2.05) is 6.08 Å². The Labute approximate surface area is 238 Å². The number of aliphatic hydroxyl groups excluding tert-OH is 1. The van der Waals surface area contributed by atoms with Gasteiger partial charge in [-0.15, -0.1) is 0 Å². The molecule has 0 aliphatic carbocycles. The number of aliphatic hydroxyl groups is 1. The Kier molecular flexibility index (Phi) is 26.5. The lowest BCUT2D eigenvalue weighted by molar-refractivity contribution is -0.123. The molecule has 8 nitrogen and oxygen atoms in total. The molecule has 0 aromatic heterocycles. The highest BCUT2D eigenvalue weighted by Crippen LogP contribution is 2.43. The van der Waals surface area contributed by atoms with Crippen LogP contribution in [0.5, 0.6) is 0 Å². The van der Waals surface area contributed by atoms with Crippen molar-refractivity contribution in [2.45, 2.75) is 142 Å². The van der Waals surface area contributed by atoms with Gasteiger partial charge in [0.05, 0.1) is 25.4 Å². The van der Waals surface area contributed by atoms with Crippen LogP contribution in [0.3, 0.4) is 0 Å². The summed E-state index contributed by atoms with van der Waals surface area (Å²) in [6.45, 7) is 4.01. The van der Waals surface area contributed by atoms with Crippen molar-refractivity contribution in [3.8, 4) is 0 Å². The van der Waals surface area contributed by atoms with E-state index in [0.29, 0.717) is 6.42 Å². The van der Waals surface area contributed by atoms with Crippen LogP contribution >= 0.6 is 7.82 Å². The second kappa shape index (κ2) is 27.2. The molecular weight excluding hydrogens is 515 g/mol. The van der Waals surface area contributed by atoms with Crippen LogP contribution < -0.4 is 11.1 Å². The summed E-state index contributed by atoms with van der Waals surface area (Å²) >= 11 is 0. The van der Waals surface area contributed by atoms with Crippen LogP contribution in [0.15, 0.2) is 24.3 Å². The molecule has 0 aliphatic heterocycles. The molecule has 0 bridgehead atoms. The predicted octanol–water partition coefficient (Wildman–Crippen LogP) is 7.10. The lowest BCUT2D eigenvalue weighted by atomic mass is 10.1. The maximum atomic E-state index is 12.5. The molecule has 3 unspecified atom stereocenters. The summed E-state index contributed by atoms with van der Waals surface area (Å²) in [7, 11) is -4.32. The summed E-state index contributed by atoms with van der Waals surface area (Å²) in [4.78, 5) is 22.4.